The number of nitro groups is 4. The van der Waals surface area contributed by atoms with Crippen LogP contribution in [0.15, 0.2) is 24.3 Å². The first-order valence-corrected chi connectivity index (χ1v) is 6.42. The highest BCUT2D eigenvalue weighted by atomic mass is 16.6. The van der Waals surface area contributed by atoms with E-state index in [1.54, 1.807) is 0 Å². The van der Waals surface area contributed by atoms with Gasteiger partial charge >= 0.3 is 17.1 Å². The zero-order valence-electron chi connectivity index (χ0n) is 11.9. The average molecular weight is 347 g/mol. The minimum atomic E-state index is -1.26. The maximum absolute atomic E-state index is 11.3. The minimum absolute atomic E-state index is 0.0947. The molecule has 0 aliphatic heterocycles. The van der Waals surface area contributed by atoms with Crippen LogP contribution in [0, 0.1) is 40.5 Å². The van der Waals surface area contributed by atoms with Gasteiger partial charge in [-0.3, -0.25) is 40.5 Å². The molecule has 126 valence electrons. The summed E-state index contributed by atoms with van der Waals surface area (Å²) in [6, 6.07) is 4.26. The van der Waals surface area contributed by atoms with Gasteiger partial charge in [-0.1, -0.05) is 0 Å². The van der Waals surface area contributed by atoms with Crippen LogP contribution in [0.2, 0.25) is 0 Å². The first-order valence-electron chi connectivity index (χ1n) is 6.42. The summed E-state index contributed by atoms with van der Waals surface area (Å²) in [5, 5.41) is 44.5. The molecule has 25 heavy (non-hydrogen) atoms. The normalized spacial score (nSPS) is 10.9. The average Bonchev–Trinajstić information content (AvgIpc) is 2.89. The number of rotatable bonds is 4. The van der Waals surface area contributed by atoms with Crippen molar-refractivity contribution >= 4 is 44.6 Å². The Kier molecular flexibility index (Phi) is 3.26. The number of aromatic amines is 1. The summed E-state index contributed by atoms with van der Waals surface area (Å²) < 4.78 is 0. The van der Waals surface area contributed by atoms with Gasteiger partial charge in [0.15, 0.2) is 0 Å². The van der Waals surface area contributed by atoms with Gasteiger partial charge in [0.25, 0.3) is 5.69 Å². The Morgan fingerprint density at radius 2 is 1.36 bits per heavy atom. The Morgan fingerprint density at radius 3 is 1.88 bits per heavy atom. The summed E-state index contributed by atoms with van der Waals surface area (Å²) in [5.74, 6) is 0. The van der Waals surface area contributed by atoms with E-state index in [2.05, 4.69) is 4.98 Å². The second kappa shape index (κ2) is 5.19. The maximum atomic E-state index is 11.3. The van der Waals surface area contributed by atoms with Gasteiger partial charge in [0.1, 0.15) is 5.52 Å². The van der Waals surface area contributed by atoms with Gasteiger partial charge in [-0.25, -0.2) is 0 Å². The van der Waals surface area contributed by atoms with Crippen LogP contribution in [0.5, 0.6) is 0 Å². The largest absolute Gasteiger partial charge is 0.424 e. The Labute approximate surface area is 135 Å². The van der Waals surface area contributed by atoms with Gasteiger partial charge in [-0.05, 0) is 6.07 Å². The first kappa shape index (κ1) is 15.7. The van der Waals surface area contributed by atoms with Crippen LogP contribution in [0.1, 0.15) is 0 Å². The fraction of sp³-hybridized carbons (Fsp3) is 0. The molecule has 3 aromatic rings. The van der Waals surface area contributed by atoms with E-state index in [-0.39, 0.29) is 27.5 Å². The molecular weight excluding hydrogens is 342 g/mol. The number of aromatic nitrogens is 1. The number of hydrogen-bond acceptors (Lipinski definition) is 8. The lowest BCUT2D eigenvalue weighted by atomic mass is 10.1. The van der Waals surface area contributed by atoms with Crippen LogP contribution < -0.4 is 0 Å². The number of hydrogen-bond donors (Lipinski definition) is 1. The molecule has 0 atom stereocenters. The second-order valence-electron chi connectivity index (χ2n) is 4.90. The predicted molar refractivity (Wildman–Crippen MR) is 82.4 cm³/mol. The number of nitrogens with zero attached hydrogens (tertiary/aromatic N) is 4. The summed E-state index contributed by atoms with van der Waals surface area (Å²) in [4.78, 5) is 42.9. The zero-order chi connectivity index (χ0) is 18.5. The predicted octanol–water partition coefficient (Wildman–Crippen LogP) is 2.95. The Bertz CT molecular complexity index is 1120. The van der Waals surface area contributed by atoms with Crippen LogP contribution in [0.25, 0.3) is 21.8 Å². The summed E-state index contributed by atoms with van der Waals surface area (Å²) in [6.07, 6.45) is 0. The highest BCUT2D eigenvalue weighted by molar-refractivity contribution is 6.13. The SMILES string of the molecule is O=[N+]([O-])c1ccc2[nH]c3c([N+](=O)[O-])c([N+](=O)[O-])c([N+](=O)[O-])cc3c2c1. The molecule has 0 bridgehead atoms. The molecule has 0 saturated heterocycles. The topological polar surface area (TPSA) is 188 Å². The molecule has 1 N–H and O–H groups in total. The summed E-state index contributed by atoms with van der Waals surface area (Å²) in [7, 11) is 0. The fourth-order valence-corrected chi connectivity index (χ4v) is 2.59. The third-order valence-corrected chi connectivity index (χ3v) is 3.58. The number of H-pyrrole nitrogens is 1. The summed E-state index contributed by atoms with van der Waals surface area (Å²) in [5.41, 5.74) is -3.86. The van der Waals surface area contributed by atoms with Gasteiger partial charge in [-0.2, -0.15) is 0 Å². The van der Waals surface area contributed by atoms with Crippen LogP contribution in [0.3, 0.4) is 0 Å². The van der Waals surface area contributed by atoms with Crippen molar-refractivity contribution in [3.8, 4) is 0 Å². The Hall–Kier alpha value is -4.16. The van der Waals surface area contributed by atoms with E-state index in [9.17, 15) is 40.5 Å². The van der Waals surface area contributed by atoms with Crippen molar-refractivity contribution in [1.29, 1.82) is 0 Å². The van der Waals surface area contributed by atoms with E-state index in [1.807, 2.05) is 0 Å². The molecule has 1 heterocycles. The molecule has 1 aromatic heterocycles. The van der Waals surface area contributed by atoms with E-state index in [0.717, 1.165) is 18.2 Å². The lowest BCUT2D eigenvalue weighted by Gasteiger charge is -1.99. The Morgan fingerprint density at radius 1 is 0.720 bits per heavy atom. The van der Waals surface area contributed by atoms with Gasteiger partial charge in [-0.15, -0.1) is 0 Å². The molecule has 0 saturated carbocycles. The van der Waals surface area contributed by atoms with Crippen molar-refractivity contribution in [2.45, 2.75) is 0 Å². The second-order valence-corrected chi connectivity index (χ2v) is 4.90. The van der Waals surface area contributed by atoms with Crippen molar-refractivity contribution in [1.82, 2.24) is 4.98 Å². The molecule has 0 spiro atoms. The van der Waals surface area contributed by atoms with Crippen molar-refractivity contribution < 1.29 is 19.7 Å². The summed E-state index contributed by atoms with van der Waals surface area (Å²) in [6.45, 7) is 0. The van der Waals surface area contributed by atoms with Crippen LogP contribution in [0.4, 0.5) is 22.7 Å². The van der Waals surface area contributed by atoms with E-state index >= 15 is 0 Å². The van der Waals surface area contributed by atoms with Crippen molar-refractivity contribution in [3.63, 3.8) is 0 Å². The number of benzene rings is 2. The monoisotopic (exact) mass is 347 g/mol. The number of non-ortho nitro benzene ring substituents is 1. The lowest BCUT2D eigenvalue weighted by molar-refractivity contribution is -0.440. The highest BCUT2D eigenvalue weighted by Gasteiger charge is 2.39. The van der Waals surface area contributed by atoms with Gasteiger partial charge in [0, 0.05) is 34.5 Å². The first-order chi connectivity index (χ1) is 11.7. The smallest absolute Gasteiger partial charge is 0.349 e. The molecule has 0 aliphatic rings. The quantitative estimate of drug-likeness (QED) is 0.550. The Balaban J connectivity index is 2.57. The molecule has 0 radical (unpaired) electrons. The molecule has 0 amide bonds. The number of fused-ring (bicyclic) bond motifs is 3. The summed E-state index contributed by atoms with van der Waals surface area (Å²) >= 11 is 0. The molecule has 13 nitrogen and oxygen atoms in total. The zero-order valence-corrected chi connectivity index (χ0v) is 11.9. The maximum Gasteiger partial charge on any atom is 0.424 e. The molecule has 3 rings (SSSR count). The standard InChI is InChI=1S/C12H5N5O8/c18-14(19)5-1-2-8-6(3-5)7-4-9(15(20)21)11(16(22)23)12(17(24)25)10(7)13-8/h1-4,13H. The van der Waals surface area contributed by atoms with E-state index in [0.29, 0.717) is 0 Å². The van der Waals surface area contributed by atoms with Crippen molar-refractivity contribution in [3.05, 3.63) is 64.7 Å². The van der Waals surface area contributed by atoms with E-state index in [4.69, 9.17) is 0 Å². The minimum Gasteiger partial charge on any atom is -0.349 e. The molecule has 2 aromatic carbocycles. The van der Waals surface area contributed by atoms with Gasteiger partial charge in [0.2, 0.25) is 0 Å². The number of nitro benzene ring substituents is 4. The fourth-order valence-electron chi connectivity index (χ4n) is 2.59. The van der Waals surface area contributed by atoms with Crippen molar-refractivity contribution in [2.75, 3.05) is 0 Å². The molecule has 13 heteroatoms. The van der Waals surface area contributed by atoms with E-state index < -0.39 is 36.8 Å². The van der Waals surface area contributed by atoms with Crippen LogP contribution in [-0.2, 0) is 0 Å². The van der Waals surface area contributed by atoms with Crippen LogP contribution >= 0.6 is 0 Å². The molecule has 0 fully saturated rings. The molecule has 0 aliphatic carbocycles. The highest BCUT2D eigenvalue weighted by Crippen LogP contribution is 2.44. The van der Waals surface area contributed by atoms with Gasteiger partial charge < -0.3 is 4.98 Å². The van der Waals surface area contributed by atoms with Gasteiger partial charge in [0.05, 0.1) is 19.7 Å². The number of nitrogens with one attached hydrogen (secondary N) is 1. The van der Waals surface area contributed by atoms with E-state index in [1.165, 1.54) is 6.07 Å². The third kappa shape index (κ3) is 2.26. The van der Waals surface area contributed by atoms with Crippen LogP contribution in [-0.4, -0.2) is 24.7 Å². The molecular formula is C12H5N5O8. The molecule has 0 unspecified atom stereocenters. The van der Waals surface area contributed by atoms with Crippen molar-refractivity contribution in [2.24, 2.45) is 0 Å². The lowest BCUT2D eigenvalue weighted by Crippen LogP contribution is -2.02. The third-order valence-electron chi connectivity index (χ3n) is 3.58.